The maximum absolute atomic E-state index is 12.8. The van der Waals surface area contributed by atoms with Gasteiger partial charge >= 0.3 is 0 Å². The number of carbonyl (C=O) groups excluding carboxylic acids is 1. The van der Waals surface area contributed by atoms with Gasteiger partial charge in [0.1, 0.15) is 0 Å². The maximum Gasteiger partial charge on any atom is 0.256 e. The SMILES string of the molecule is CCCNc1ccccc1C(=O)N1CCCCCC1C. The Morgan fingerprint density at radius 3 is 2.90 bits per heavy atom. The number of anilines is 1. The average Bonchev–Trinajstić information content (AvgIpc) is 2.69. The van der Waals surface area contributed by atoms with Crippen LogP contribution in [0.15, 0.2) is 24.3 Å². The van der Waals surface area contributed by atoms with E-state index in [2.05, 4.69) is 24.1 Å². The van der Waals surface area contributed by atoms with Crippen LogP contribution in [0, 0.1) is 0 Å². The molecule has 1 aromatic carbocycles. The van der Waals surface area contributed by atoms with E-state index in [0.29, 0.717) is 6.04 Å². The summed E-state index contributed by atoms with van der Waals surface area (Å²) in [5.74, 6) is 0.179. The summed E-state index contributed by atoms with van der Waals surface area (Å²) in [5.41, 5.74) is 1.78. The molecule has 1 fully saturated rings. The molecule has 20 heavy (non-hydrogen) atoms. The van der Waals surface area contributed by atoms with Crippen molar-refractivity contribution in [3.8, 4) is 0 Å². The Hall–Kier alpha value is -1.51. The van der Waals surface area contributed by atoms with Gasteiger partial charge in [-0.3, -0.25) is 4.79 Å². The van der Waals surface area contributed by atoms with Crippen molar-refractivity contribution < 1.29 is 4.79 Å². The zero-order chi connectivity index (χ0) is 14.4. The molecular weight excluding hydrogens is 248 g/mol. The molecule has 1 aliphatic rings. The van der Waals surface area contributed by atoms with Crippen LogP contribution in [0.25, 0.3) is 0 Å². The van der Waals surface area contributed by atoms with E-state index in [4.69, 9.17) is 0 Å². The van der Waals surface area contributed by atoms with Gasteiger partial charge in [-0.05, 0) is 38.3 Å². The molecule has 1 unspecified atom stereocenters. The lowest BCUT2D eigenvalue weighted by Gasteiger charge is -2.28. The van der Waals surface area contributed by atoms with Gasteiger partial charge in [-0.15, -0.1) is 0 Å². The Balaban J connectivity index is 2.18. The van der Waals surface area contributed by atoms with E-state index in [0.717, 1.165) is 43.6 Å². The summed E-state index contributed by atoms with van der Waals surface area (Å²) in [6, 6.07) is 8.24. The lowest BCUT2D eigenvalue weighted by atomic mass is 10.1. The molecular formula is C17H26N2O. The molecule has 3 nitrogen and oxygen atoms in total. The second-order valence-electron chi connectivity index (χ2n) is 5.67. The number of carbonyl (C=O) groups is 1. The lowest BCUT2D eigenvalue weighted by Crippen LogP contribution is -2.38. The van der Waals surface area contributed by atoms with Crippen molar-refractivity contribution in [1.29, 1.82) is 0 Å². The summed E-state index contributed by atoms with van der Waals surface area (Å²) in [5, 5.41) is 3.37. The molecule has 0 aliphatic carbocycles. The molecule has 3 heteroatoms. The Labute approximate surface area is 122 Å². The molecule has 1 heterocycles. The van der Waals surface area contributed by atoms with Gasteiger partial charge in [0.15, 0.2) is 0 Å². The quantitative estimate of drug-likeness (QED) is 0.902. The summed E-state index contributed by atoms with van der Waals surface area (Å²) in [6.07, 6.45) is 5.78. The third kappa shape index (κ3) is 3.53. The Kier molecular flexibility index (Phi) is 5.45. The van der Waals surface area contributed by atoms with E-state index in [-0.39, 0.29) is 5.91 Å². The van der Waals surface area contributed by atoms with Gasteiger partial charge in [-0.1, -0.05) is 31.9 Å². The van der Waals surface area contributed by atoms with Crippen LogP contribution in [0.5, 0.6) is 0 Å². The summed E-state index contributed by atoms with van der Waals surface area (Å²) in [6.45, 7) is 6.10. The summed E-state index contributed by atoms with van der Waals surface area (Å²) in [7, 11) is 0. The van der Waals surface area contributed by atoms with Gasteiger partial charge in [0.25, 0.3) is 5.91 Å². The van der Waals surface area contributed by atoms with Crippen molar-refractivity contribution in [2.24, 2.45) is 0 Å². The van der Waals surface area contributed by atoms with Crippen LogP contribution >= 0.6 is 0 Å². The van der Waals surface area contributed by atoms with Crippen LogP contribution in [0.3, 0.4) is 0 Å². The topological polar surface area (TPSA) is 32.3 Å². The van der Waals surface area contributed by atoms with Crippen molar-refractivity contribution in [3.63, 3.8) is 0 Å². The molecule has 1 N–H and O–H groups in total. The Bertz CT molecular complexity index is 444. The van der Waals surface area contributed by atoms with Crippen LogP contribution in [-0.4, -0.2) is 29.9 Å². The highest BCUT2D eigenvalue weighted by Crippen LogP contribution is 2.22. The summed E-state index contributed by atoms with van der Waals surface area (Å²) < 4.78 is 0. The fourth-order valence-electron chi connectivity index (χ4n) is 2.81. The third-order valence-corrected chi connectivity index (χ3v) is 4.04. The molecule has 1 aromatic rings. The molecule has 1 atom stereocenters. The van der Waals surface area contributed by atoms with Gasteiger partial charge in [0.2, 0.25) is 0 Å². The van der Waals surface area contributed by atoms with E-state index in [1.807, 2.05) is 24.3 Å². The van der Waals surface area contributed by atoms with E-state index in [9.17, 15) is 4.79 Å². The van der Waals surface area contributed by atoms with E-state index in [1.165, 1.54) is 12.8 Å². The first-order valence-electron chi connectivity index (χ1n) is 7.88. The molecule has 1 saturated heterocycles. The minimum absolute atomic E-state index is 0.179. The van der Waals surface area contributed by atoms with Crippen LogP contribution < -0.4 is 5.32 Å². The molecule has 110 valence electrons. The van der Waals surface area contributed by atoms with Crippen molar-refractivity contribution in [2.75, 3.05) is 18.4 Å². The Morgan fingerprint density at radius 1 is 1.30 bits per heavy atom. The molecule has 0 radical (unpaired) electrons. The summed E-state index contributed by atoms with van der Waals surface area (Å²) in [4.78, 5) is 14.9. The van der Waals surface area contributed by atoms with Crippen molar-refractivity contribution in [1.82, 2.24) is 4.90 Å². The number of hydrogen-bond acceptors (Lipinski definition) is 2. The second-order valence-corrected chi connectivity index (χ2v) is 5.67. The largest absolute Gasteiger partial charge is 0.384 e. The predicted molar refractivity (Wildman–Crippen MR) is 84.2 cm³/mol. The van der Waals surface area contributed by atoms with Crippen LogP contribution in [0.1, 0.15) is 56.3 Å². The number of nitrogens with zero attached hydrogens (tertiary/aromatic N) is 1. The van der Waals surface area contributed by atoms with Gasteiger partial charge in [0.05, 0.1) is 5.56 Å². The van der Waals surface area contributed by atoms with Crippen LogP contribution in [0.4, 0.5) is 5.69 Å². The highest BCUT2D eigenvalue weighted by atomic mass is 16.2. The predicted octanol–water partition coefficient (Wildman–Crippen LogP) is 3.91. The first-order chi connectivity index (χ1) is 9.74. The highest BCUT2D eigenvalue weighted by molar-refractivity contribution is 5.99. The highest BCUT2D eigenvalue weighted by Gasteiger charge is 2.24. The summed E-state index contributed by atoms with van der Waals surface area (Å²) >= 11 is 0. The second kappa shape index (κ2) is 7.32. The number of benzene rings is 1. The van der Waals surface area contributed by atoms with Gasteiger partial charge in [-0.25, -0.2) is 0 Å². The molecule has 0 spiro atoms. The molecule has 1 amide bonds. The Morgan fingerprint density at radius 2 is 2.10 bits per heavy atom. The normalized spacial score (nSPS) is 19.5. The molecule has 0 saturated carbocycles. The van der Waals surface area contributed by atoms with E-state index >= 15 is 0 Å². The molecule has 1 aliphatic heterocycles. The standard InChI is InChI=1S/C17H26N2O/c1-3-12-18-16-11-7-6-10-15(16)17(20)19-13-8-4-5-9-14(19)2/h6-7,10-11,14,18H,3-5,8-9,12-13H2,1-2H3. The number of amides is 1. The van der Waals surface area contributed by atoms with Gasteiger partial charge < -0.3 is 10.2 Å². The first kappa shape index (κ1) is 14.9. The fraction of sp³-hybridized carbons (Fsp3) is 0.588. The lowest BCUT2D eigenvalue weighted by molar-refractivity contribution is 0.0699. The third-order valence-electron chi connectivity index (χ3n) is 4.04. The average molecular weight is 274 g/mol. The van der Waals surface area contributed by atoms with E-state index in [1.54, 1.807) is 0 Å². The first-order valence-corrected chi connectivity index (χ1v) is 7.88. The number of rotatable bonds is 4. The smallest absolute Gasteiger partial charge is 0.256 e. The van der Waals surface area contributed by atoms with Crippen LogP contribution in [-0.2, 0) is 0 Å². The zero-order valence-corrected chi connectivity index (χ0v) is 12.7. The van der Waals surface area contributed by atoms with Crippen molar-refractivity contribution in [2.45, 2.75) is 52.0 Å². The molecule has 2 rings (SSSR count). The zero-order valence-electron chi connectivity index (χ0n) is 12.7. The van der Waals surface area contributed by atoms with Crippen molar-refractivity contribution in [3.05, 3.63) is 29.8 Å². The van der Waals surface area contributed by atoms with Crippen molar-refractivity contribution >= 4 is 11.6 Å². The monoisotopic (exact) mass is 274 g/mol. The number of hydrogen-bond donors (Lipinski definition) is 1. The number of nitrogens with one attached hydrogen (secondary N) is 1. The fourth-order valence-corrected chi connectivity index (χ4v) is 2.81. The minimum atomic E-state index is 0.179. The number of likely N-dealkylation sites (tertiary alicyclic amines) is 1. The van der Waals surface area contributed by atoms with Crippen LogP contribution in [0.2, 0.25) is 0 Å². The molecule has 0 bridgehead atoms. The minimum Gasteiger partial charge on any atom is -0.384 e. The molecule has 0 aromatic heterocycles. The van der Waals surface area contributed by atoms with Gasteiger partial charge in [0, 0.05) is 24.8 Å². The number of para-hydroxylation sites is 1. The van der Waals surface area contributed by atoms with E-state index < -0.39 is 0 Å². The maximum atomic E-state index is 12.8. The van der Waals surface area contributed by atoms with Gasteiger partial charge in [-0.2, -0.15) is 0 Å².